The SMILES string of the molecule is COc1ccc(CNc2cc(C)c(N)cn2)c(OC)c1. The zero-order chi connectivity index (χ0) is 14.5. The lowest BCUT2D eigenvalue weighted by atomic mass is 10.2. The molecule has 0 spiro atoms. The molecular weight excluding hydrogens is 254 g/mol. The molecule has 3 N–H and O–H groups in total. The van der Waals surface area contributed by atoms with Gasteiger partial charge in [-0.2, -0.15) is 0 Å². The maximum atomic E-state index is 5.75. The van der Waals surface area contributed by atoms with Crippen LogP contribution in [0.25, 0.3) is 0 Å². The van der Waals surface area contributed by atoms with Gasteiger partial charge in [0.2, 0.25) is 0 Å². The number of benzene rings is 1. The van der Waals surface area contributed by atoms with Crippen LogP contribution in [-0.2, 0) is 6.54 Å². The largest absolute Gasteiger partial charge is 0.497 e. The summed E-state index contributed by atoms with van der Waals surface area (Å²) in [6.07, 6.45) is 1.66. The summed E-state index contributed by atoms with van der Waals surface area (Å²) < 4.78 is 10.5. The van der Waals surface area contributed by atoms with Crippen molar-refractivity contribution in [1.82, 2.24) is 4.98 Å². The molecule has 20 heavy (non-hydrogen) atoms. The zero-order valence-corrected chi connectivity index (χ0v) is 11.9. The lowest BCUT2D eigenvalue weighted by Crippen LogP contribution is -2.04. The summed E-state index contributed by atoms with van der Waals surface area (Å²) in [4.78, 5) is 4.24. The van der Waals surface area contributed by atoms with Crippen LogP contribution >= 0.6 is 0 Å². The van der Waals surface area contributed by atoms with Gasteiger partial charge < -0.3 is 20.5 Å². The highest BCUT2D eigenvalue weighted by Crippen LogP contribution is 2.25. The average molecular weight is 273 g/mol. The highest BCUT2D eigenvalue weighted by atomic mass is 16.5. The van der Waals surface area contributed by atoms with Crippen LogP contribution in [0.3, 0.4) is 0 Å². The molecule has 0 bridgehead atoms. The average Bonchev–Trinajstić information content (AvgIpc) is 2.48. The Labute approximate surface area is 118 Å². The molecule has 0 amide bonds. The number of nitrogens with two attached hydrogens (primary N) is 1. The van der Waals surface area contributed by atoms with Crippen molar-refractivity contribution in [3.05, 3.63) is 41.6 Å². The second-order valence-corrected chi connectivity index (χ2v) is 4.46. The van der Waals surface area contributed by atoms with Gasteiger partial charge in [-0.3, -0.25) is 0 Å². The molecule has 2 rings (SSSR count). The number of rotatable bonds is 5. The fourth-order valence-corrected chi connectivity index (χ4v) is 1.85. The Morgan fingerprint density at radius 1 is 1.20 bits per heavy atom. The van der Waals surface area contributed by atoms with E-state index in [1.807, 2.05) is 31.2 Å². The number of nitrogen functional groups attached to an aromatic ring is 1. The predicted octanol–water partition coefficient (Wildman–Crippen LogP) is 2.60. The quantitative estimate of drug-likeness (QED) is 0.876. The molecule has 2 aromatic rings. The number of methoxy groups -OCH3 is 2. The standard InChI is InChI=1S/C15H19N3O2/c1-10-6-15(18-9-13(10)16)17-8-11-4-5-12(19-2)7-14(11)20-3/h4-7,9H,8,16H2,1-3H3,(H,17,18). The van der Waals surface area contributed by atoms with Gasteiger partial charge in [0.25, 0.3) is 0 Å². The fourth-order valence-electron chi connectivity index (χ4n) is 1.85. The Bertz CT molecular complexity index is 600. The Morgan fingerprint density at radius 2 is 2.00 bits per heavy atom. The van der Waals surface area contributed by atoms with Gasteiger partial charge in [-0.1, -0.05) is 0 Å². The number of hydrogen-bond donors (Lipinski definition) is 2. The van der Waals surface area contributed by atoms with E-state index in [2.05, 4.69) is 10.3 Å². The molecule has 0 aliphatic rings. The molecule has 0 fully saturated rings. The molecule has 1 heterocycles. The van der Waals surface area contributed by atoms with Gasteiger partial charge in [0, 0.05) is 18.2 Å². The van der Waals surface area contributed by atoms with E-state index in [0.29, 0.717) is 12.2 Å². The van der Waals surface area contributed by atoms with Gasteiger partial charge in [-0.25, -0.2) is 4.98 Å². The summed E-state index contributed by atoms with van der Waals surface area (Å²) in [6.45, 7) is 2.57. The van der Waals surface area contributed by atoms with Crippen LogP contribution in [-0.4, -0.2) is 19.2 Å². The number of aromatic nitrogens is 1. The molecular formula is C15H19N3O2. The first-order valence-electron chi connectivity index (χ1n) is 6.31. The lowest BCUT2D eigenvalue weighted by molar-refractivity contribution is 0.391. The Kier molecular flexibility index (Phi) is 4.30. The third-order valence-electron chi connectivity index (χ3n) is 3.11. The van der Waals surface area contributed by atoms with Crippen LogP contribution < -0.4 is 20.5 Å². The van der Waals surface area contributed by atoms with E-state index in [0.717, 1.165) is 28.4 Å². The van der Waals surface area contributed by atoms with Crippen molar-refractivity contribution in [3.8, 4) is 11.5 Å². The van der Waals surface area contributed by atoms with Crippen LogP contribution in [0.5, 0.6) is 11.5 Å². The van der Waals surface area contributed by atoms with E-state index in [1.54, 1.807) is 20.4 Å². The highest BCUT2D eigenvalue weighted by Gasteiger charge is 2.05. The van der Waals surface area contributed by atoms with Gasteiger partial charge in [0.1, 0.15) is 17.3 Å². The monoisotopic (exact) mass is 273 g/mol. The maximum absolute atomic E-state index is 5.75. The van der Waals surface area contributed by atoms with E-state index >= 15 is 0 Å². The van der Waals surface area contributed by atoms with E-state index in [-0.39, 0.29) is 0 Å². The van der Waals surface area contributed by atoms with Crippen LogP contribution in [0.2, 0.25) is 0 Å². The van der Waals surface area contributed by atoms with Gasteiger partial charge in [0.15, 0.2) is 0 Å². The first kappa shape index (κ1) is 14.0. The lowest BCUT2D eigenvalue weighted by Gasteiger charge is -2.12. The minimum Gasteiger partial charge on any atom is -0.497 e. The third-order valence-corrected chi connectivity index (χ3v) is 3.11. The van der Waals surface area contributed by atoms with Gasteiger partial charge in [0.05, 0.1) is 26.1 Å². The molecule has 0 saturated carbocycles. The summed E-state index contributed by atoms with van der Waals surface area (Å²) in [5.74, 6) is 2.34. The summed E-state index contributed by atoms with van der Waals surface area (Å²) in [5.41, 5.74) is 8.48. The van der Waals surface area contributed by atoms with Crippen molar-refractivity contribution in [1.29, 1.82) is 0 Å². The highest BCUT2D eigenvalue weighted by molar-refractivity contribution is 5.51. The second-order valence-electron chi connectivity index (χ2n) is 4.46. The topological polar surface area (TPSA) is 69.4 Å². The number of ether oxygens (including phenoxy) is 2. The first-order chi connectivity index (χ1) is 9.63. The molecule has 0 radical (unpaired) electrons. The van der Waals surface area contributed by atoms with Crippen LogP contribution in [0.4, 0.5) is 11.5 Å². The first-order valence-corrected chi connectivity index (χ1v) is 6.31. The molecule has 0 saturated heterocycles. The maximum Gasteiger partial charge on any atom is 0.127 e. The normalized spacial score (nSPS) is 10.2. The number of nitrogens with zero attached hydrogens (tertiary/aromatic N) is 1. The number of nitrogens with one attached hydrogen (secondary N) is 1. The van der Waals surface area contributed by atoms with E-state index < -0.39 is 0 Å². The minimum absolute atomic E-state index is 0.615. The minimum atomic E-state index is 0.615. The van der Waals surface area contributed by atoms with Crippen molar-refractivity contribution < 1.29 is 9.47 Å². The molecule has 5 heteroatoms. The molecule has 5 nitrogen and oxygen atoms in total. The number of hydrogen-bond acceptors (Lipinski definition) is 5. The Hall–Kier alpha value is -2.43. The van der Waals surface area contributed by atoms with E-state index in [9.17, 15) is 0 Å². The molecule has 1 aromatic carbocycles. The molecule has 0 aliphatic heterocycles. The molecule has 106 valence electrons. The smallest absolute Gasteiger partial charge is 0.127 e. The summed E-state index contributed by atoms with van der Waals surface area (Å²) >= 11 is 0. The Morgan fingerprint density at radius 3 is 2.65 bits per heavy atom. The van der Waals surface area contributed by atoms with Crippen molar-refractivity contribution in [3.63, 3.8) is 0 Å². The molecule has 1 aromatic heterocycles. The number of aryl methyl sites for hydroxylation is 1. The number of pyridine rings is 1. The summed E-state index contributed by atoms with van der Waals surface area (Å²) in [5, 5.41) is 3.25. The van der Waals surface area contributed by atoms with Crippen molar-refractivity contribution in [2.24, 2.45) is 0 Å². The summed E-state index contributed by atoms with van der Waals surface area (Å²) in [7, 11) is 3.28. The molecule has 0 unspecified atom stereocenters. The van der Waals surface area contributed by atoms with Gasteiger partial charge in [-0.15, -0.1) is 0 Å². The van der Waals surface area contributed by atoms with Crippen LogP contribution in [0.15, 0.2) is 30.5 Å². The zero-order valence-electron chi connectivity index (χ0n) is 11.9. The van der Waals surface area contributed by atoms with E-state index in [4.69, 9.17) is 15.2 Å². The predicted molar refractivity (Wildman–Crippen MR) is 80.3 cm³/mol. The van der Waals surface area contributed by atoms with Gasteiger partial charge in [-0.05, 0) is 30.7 Å². The second kappa shape index (κ2) is 6.14. The fraction of sp³-hybridized carbons (Fsp3) is 0.267. The Balaban J connectivity index is 2.12. The van der Waals surface area contributed by atoms with E-state index in [1.165, 1.54) is 0 Å². The van der Waals surface area contributed by atoms with Crippen LogP contribution in [0, 0.1) is 6.92 Å². The molecule has 0 aliphatic carbocycles. The number of anilines is 2. The van der Waals surface area contributed by atoms with Crippen molar-refractivity contribution >= 4 is 11.5 Å². The third kappa shape index (κ3) is 3.12. The molecule has 0 atom stereocenters. The van der Waals surface area contributed by atoms with Crippen LogP contribution in [0.1, 0.15) is 11.1 Å². The van der Waals surface area contributed by atoms with Crippen molar-refractivity contribution in [2.75, 3.05) is 25.3 Å². The summed E-state index contributed by atoms with van der Waals surface area (Å²) in [6, 6.07) is 7.65. The van der Waals surface area contributed by atoms with Crippen molar-refractivity contribution in [2.45, 2.75) is 13.5 Å². The van der Waals surface area contributed by atoms with Gasteiger partial charge >= 0.3 is 0 Å².